The summed E-state index contributed by atoms with van der Waals surface area (Å²) >= 11 is 0. The van der Waals surface area contributed by atoms with Crippen molar-refractivity contribution in [3.05, 3.63) is 29.8 Å². The van der Waals surface area contributed by atoms with Crippen molar-refractivity contribution < 1.29 is 9.53 Å². The second kappa shape index (κ2) is 7.71. The van der Waals surface area contributed by atoms with Crippen LogP contribution in [-0.2, 0) is 11.3 Å². The molecule has 0 spiro atoms. The summed E-state index contributed by atoms with van der Waals surface area (Å²) in [4.78, 5) is 11.6. The molecule has 4 heteroatoms. The van der Waals surface area contributed by atoms with Crippen LogP contribution in [0.3, 0.4) is 0 Å². The smallest absolute Gasteiger partial charge is 0.258 e. The van der Waals surface area contributed by atoms with Crippen LogP contribution in [0, 0.1) is 0 Å². The van der Waals surface area contributed by atoms with Crippen LogP contribution in [0.1, 0.15) is 25.8 Å². The quantitative estimate of drug-likeness (QED) is 0.774. The Morgan fingerprint density at radius 3 is 2.78 bits per heavy atom. The van der Waals surface area contributed by atoms with Crippen LogP contribution in [0.2, 0.25) is 0 Å². The van der Waals surface area contributed by atoms with Gasteiger partial charge in [-0.05, 0) is 26.5 Å². The minimum Gasteiger partial charge on any atom is -0.483 e. The summed E-state index contributed by atoms with van der Waals surface area (Å²) in [6.07, 6.45) is 0.919. The highest BCUT2D eigenvalue weighted by atomic mass is 16.5. The number of hydrogen-bond donors (Lipinski definition) is 2. The number of benzene rings is 1. The fraction of sp³-hybridized carbons (Fsp3) is 0.500. The summed E-state index contributed by atoms with van der Waals surface area (Å²) in [6, 6.07) is 7.91. The van der Waals surface area contributed by atoms with Gasteiger partial charge in [0.2, 0.25) is 0 Å². The van der Waals surface area contributed by atoms with Gasteiger partial charge >= 0.3 is 0 Å². The number of rotatable bonds is 7. The van der Waals surface area contributed by atoms with E-state index in [1.807, 2.05) is 45.2 Å². The largest absolute Gasteiger partial charge is 0.483 e. The lowest BCUT2D eigenvalue weighted by Crippen LogP contribution is -2.35. The molecule has 0 radical (unpaired) electrons. The van der Waals surface area contributed by atoms with Gasteiger partial charge in [-0.2, -0.15) is 0 Å². The first kappa shape index (κ1) is 14.5. The predicted octanol–water partition coefficient (Wildman–Crippen LogP) is 1.70. The predicted molar refractivity (Wildman–Crippen MR) is 72.6 cm³/mol. The molecule has 0 aliphatic rings. The Morgan fingerprint density at radius 2 is 2.11 bits per heavy atom. The van der Waals surface area contributed by atoms with Crippen LogP contribution in [0.4, 0.5) is 0 Å². The van der Waals surface area contributed by atoms with Crippen LogP contribution in [0.15, 0.2) is 24.3 Å². The lowest BCUT2D eigenvalue weighted by atomic mass is 10.2. The molecule has 1 rings (SSSR count). The lowest BCUT2D eigenvalue weighted by Gasteiger charge is -2.13. The van der Waals surface area contributed by atoms with Crippen molar-refractivity contribution in [2.75, 3.05) is 13.7 Å². The number of para-hydroxylation sites is 1. The van der Waals surface area contributed by atoms with E-state index in [-0.39, 0.29) is 18.6 Å². The molecule has 0 saturated heterocycles. The van der Waals surface area contributed by atoms with Crippen LogP contribution < -0.4 is 15.4 Å². The van der Waals surface area contributed by atoms with Gasteiger partial charge in [-0.1, -0.05) is 25.1 Å². The zero-order valence-electron chi connectivity index (χ0n) is 11.3. The lowest BCUT2D eigenvalue weighted by molar-refractivity contribution is -0.123. The van der Waals surface area contributed by atoms with Gasteiger partial charge in [0.15, 0.2) is 6.61 Å². The van der Waals surface area contributed by atoms with Crippen molar-refractivity contribution in [3.63, 3.8) is 0 Å². The molecule has 1 unspecified atom stereocenters. The molecule has 0 bridgehead atoms. The van der Waals surface area contributed by atoms with Gasteiger partial charge in [-0.15, -0.1) is 0 Å². The van der Waals surface area contributed by atoms with Gasteiger partial charge in [0.05, 0.1) is 0 Å². The van der Waals surface area contributed by atoms with E-state index in [4.69, 9.17) is 4.74 Å². The first-order valence-corrected chi connectivity index (χ1v) is 6.32. The van der Waals surface area contributed by atoms with E-state index in [2.05, 4.69) is 10.6 Å². The van der Waals surface area contributed by atoms with E-state index in [1.54, 1.807) is 0 Å². The van der Waals surface area contributed by atoms with Gasteiger partial charge in [0, 0.05) is 18.2 Å². The van der Waals surface area contributed by atoms with Crippen LogP contribution >= 0.6 is 0 Å². The van der Waals surface area contributed by atoms with Gasteiger partial charge in [0.25, 0.3) is 5.91 Å². The van der Waals surface area contributed by atoms with Crippen LogP contribution in [0.5, 0.6) is 5.75 Å². The van der Waals surface area contributed by atoms with E-state index in [0.29, 0.717) is 0 Å². The van der Waals surface area contributed by atoms with E-state index >= 15 is 0 Å². The summed E-state index contributed by atoms with van der Waals surface area (Å²) in [6.45, 7) is 4.80. The molecular formula is C14H22N2O2. The van der Waals surface area contributed by atoms with Crippen molar-refractivity contribution >= 4 is 5.91 Å². The molecule has 1 atom stereocenters. The average molecular weight is 250 g/mol. The maximum Gasteiger partial charge on any atom is 0.258 e. The van der Waals surface area contributed by atoms with Crippen LogP contribution in [-0.4, -0.2) is 25.6 Å². The van der Waals surface area contributed by atoms with Crippen molar-refractivity contribution in [3.8, 4) is 5.75 Å². The Kier molecular flexibility index (Phi) is 6.22. The summed E-state index contributed by atoms with van der Waals surface area (Å²) in [7, 11) is 1.88. The highest BCUT2D eigenvalue weighted by Gasteiger charge is 2.08. The third kappa shape index (κ3) is 4.75. The molecule has 100 valence electrons. The maximum absolute atomic E-state index is 11.6. The van der Waals surface area contributed by atoms with Crippen molar-refractivity contribution in [2.24, 2.45) is 0 Å². The molecule has 0 saturated carbocycles. The summed E-state index contributed by atoms with van der Waals surface area (Å²) in [5.74, 6) is 0.676. The molecule has 0 aliphatic carbocycles. The molecular weight excluding hydrogens is 228 g/mol. The van der Waals surface area contributed by atoms with E-state index in [1.165, 1.54) is 0 Å². The van der Waals surface area contributed by atoms with E-state index in [9.17, 15) is 4.79 Å². The number of hydrogen-bond acceptors (Lipinski definition) is 3. The monoisotopic (exact) mass is 250 g/mol. The van der Waals surface area contributed by atoms with Crippen molar-refractivity contribution in [2.45, 2.75) is 32.9 Å². The number of ether oxygens (including phenoxy) is 1. The molecule has 1 amide bonds. The molecule has 18 heavy (non-hydrogen) atoms. The second-order valence-corrected chi connectivity index (χ2v) is 4.30. The summed E-state index contributed by atoms with van der Waals surface area (Å²) in [5, 5.41) is 5.94. The minimum absolute atomic E-state index is 0.0606. The minimum atomic E-state index is -0.0800. The fourth-order valence-electron chi connectivity index (χ4n) is 1.54. The first-order chi connectivity index (χ1) is 8.67. The Morgan fingerprint density at radius 1 is 1.39 bits per heavy atom. The van der Waals surface area contributed by atoms with Gasteiger partial charge in [-0.3, -0.25) is 4.79 Å². The number of nitrogens with one attached hydrogen (secondary N) is 2. The zero-order chi connectivity index (χ0) is 13.4. The van der Waals surface area contributed by atoms with E-state index in [0.717, 1.165) is 24.3 Å². The normalized spacial score (nSPS) is 11.9. The van der Waals surface area contributed by atoms with Crippen molar-refractivity contribution in [1.29, 1.82) is 0 Å². The molecule has 1 aromatic carbocycles. The third-order valence-electron chi connectivity index (χ3n) is 2.72. The van der Waals surface area contributed by atoms with Gasteiger partial charge in [0.1, 0.15) is 5.75 Å². The van der Waals surface area contributed by atoms with Crippen LogP contribution in [0.25, 0.3) is 0 Å². The zero-order valence-corrected chi connectivity index (χ0v) is 11.3. The molecule has 2 N–H and O–H groups in total. The Balaban J connectivity index is 2.50. The fourth-order valence-corrected chi connectivity index (χ4v) is 1.54. The molecule has 0 heterocycles. The Hall–Kier alpha value is -1.55. The summed E-state index contributed by atoms with van der Waals surface area (Å²) < 4.78 is 5.54. The highest BCUT2D eigenvalue weighted by Crippen LogP contribution is 2.17. The first-order valence-electron chi connectivity index (χ1n) is 6.32. The molecule has 0 aliphatic heterocycles. The summed E-state index contributed by atoms with van der Waals surface area (Å²) in [5.41, 5.74) is 1.05. The molecule has 0 aromatic heterocycles. The average Bonchev–Trinajstić information content (AvgIpc) is 2.38. The standard InChI is InChI=1S/C14H22N2O2/c1-4-11(2)16-14(17)10-18-13-8-6-5-7-12(13)9-15-3/h5-8,11,15H,4,9-10H2,1-3H3,(H,16,17). The topological polar surface area (TPSA) is 50.4 Å². The molecule has 1 aromatic rings. The Bertz CT molecular complexity index is 380. The SMILES string of the molecule is CCC(C)NC(=O)COc1ccccc1CNC. The van der Waals surface area contributed by atoms with E-state index < -0.39 is 0 Å². The number of amides is 1. The second-order valence-electron chi connectivity index (χ2n) is 4.30. The third-order valence-corrected chi connectivity index (χ3v) is 2.72. The highest BCUT2D eigenvalue weighted by molar-refractivity contribution is 5.77. The molecule has 4 nitrogen and oxygen atoms in total. The Labute approximate surface area is 109 Å². The molecule has 0 fully saturated rings. The van der Waals surface area contributed by atoms with Gasteiger partial charge < -0.3 is 15.4 Å². The maximum atomic E-state index is 11.6. The van der Waals surface area contributed by atoms with Crippen molar-refractivity contribution in [1.82, 2.24) is 10.6 Å². The number of carbonyl (C=O) groups is 1. The van der Waals surface area contributed by atoms with Gasteiger partial charge in [-0.25, -0.2) is 0 Å². The number of carbonyl (C=O) groups excluding carboxylic acids is 1.